The van der Waals surface area contributed by atoms with Crippen LogP contribution in [0.15, 0.2) is 79.3 Å². The molecular weight excluding hydrogens is 452 g/mol. The molecule has 0 saturated carbocycles. The number of fused-ring (bicyclic) bond motifs is 1. The van der Waals surface area contributed by atoms with Crippen LogP contribution in [0.25, 0.3) is 33.9 Å². The smallest absolute Gasteiger partial charge is 0.321 e. The number of benzene rings is 2. The van der Waals surface area contributed by atoms with E-state index in [0.29, 0.717) is 23.7 Å². The summed E-state index contributed by atoms with van der Waals surface area (Å²) in [5, 5.41) is 2.86. The lowest BCUT2D eigenvalue weighted by atomic mass is 10.1. The van der Waals surface area contributed by atoms with Gasteiger partial charge in [0.2, 0.25) is 0 Å². The van der Waals surface area contributed by atoms with Crippen LogP contribution >= 0.6 is 0 Å². The molecule has 0 bridgehead atoms. The van der Waals surface area contributed by atoms with Crippen LogP contribution in [0, 0.1) is 6.92 Å². The largest absolute Gasteiger partial charge is 0.424 e. The van der Waals surface area contributed by atoms with Gasteiger partial charge in [-0.15, -0.1) is 0 Å². The molecule has 0 radical (unpaired) electrons. The lowest BCUT2D eigenvalue weighted by Crippen LogP contribution is -2.31. The average molecular weight is 475 g/mol. The van der Waals surface area contributed by atoms with Crippen molar-refractivity contribution in [1.82, 2.24) is 30.2 Å². The van der Waals surface area contributed by atoms with Gasteiger partial charge in [0.1, 0.15) is 5.75 Å². The highest BCUT2D eigenvalue weighted by Crippen LogP contribution is 2.27. The molecule has 8 heteroatoms. The van der Waals surface area contributed by atoms with Crippen LogP contribution in [0.3, 0.4) is 0 Å². The molecule has 6 rings (SSSR count). The minimum absolute atomic E-state index is 0.0580. The summed E-state index contributed by atoms with van der Waals surface area (Å²) in [5.41, 5.74) is 7.17. The maximum atomic E-state index is 12.1. The Morgan fingerprint density at radius 3 is 2.36 bits per heavy atom. The molecule has 1 aliphatic rings. The summed E-state index contributed by atoms with van der Waals surface area (Å²) >= 11 is 0. The van der Waals surface area contributed by atoms with Crippen LogP contribution in [0.2, 0.25) is 0 Å². The highest BCUT2D eigenvalue weighted by molar-refractivity contribution is 5.97. The number of carbonyl (C=O) groups excluding carboxylic acids is 1. The van der Waals surface area contributed by atoms with Gasteiger partial charge >= 0.3 is 6.01 Å². The summed E-state index contributed by atoms with van der Waals surface area (Å²) in [6.07, 6.45) is 6.00. The van der Waals surface area contributed by atoms with Gasteiger partial charge in [-0.3, -0.25) is 4.79 Å². The Morgan fingerprint density at radius 1 is 0.861 bits per heavy atom. The van der Waals surface area contributed by atoms with Crippen LogP contribution in [0.5, 0.6) is 11.8 Å². The second-order valence-electron chi connectivity index (χ2n) is 8.59. The SMILES string of the molecule is Cc1ccc(-c2cnc(Oc3ccc(-c4nccc(-c5cc6c([nH]5)CCNC6=O)n4)cc3)nc2)cc1. The van der Waals surface area contributed by atoms with E-state index in [2.05, 4.69) is 44.3 Å². The number of nitrogens with zero attached hydrogens (tertiary/aromatic N) is 4. The van der Waals surface area contributed by atoms with Crippen LogP contribution in [-0.4, -0.2) is 37.4 Å². The first-order chi connectivity index (χ1) is 17.6. The van der Waals surface area contributed by atoms with E-state index in [1.165, 1.54) is 5.56 Å². The molecule has 0 aliphatic carbocycles. The zero-order valence-corrected chi connectivity index (χ0v) is 19.5. The topological polar surface area (TPSA) is 106 Å². The van der Waals surface area contributed by atoms with Crippen molar-refractivity contribution in [2.75, 3.05) is 6.54 Å². The van der Waals surface area contributed by atoms with Gasteiger partial charge in [-0.2, -0.15) is 0 Å². The molecule has 36 heavy (non-hydrogen) atoms. The summed E-state index contributed by atoms with van der Waals surface area (Å²) in [7, 11) is 0. The maximum absolute atomic E-state index is 12.1. The van der Waals surface area contributed by atoms with E-state index >= 15 is 0 Å². The van der Waals surface area contributed by atoms with E-state index in [1.807, 2.05) is 48.5 Å². The number of hydrogen-bond acceptors (Lipinski definition) is 6. The van der Waals surface area contributed by atoms with Gasteiger partial charge in [-0.1, -0.05) is 29.8 Å². The minimum atomic E-state index is -0.0580. The second kappa shape index (κ2) is 9.07. The third kappa shape index (κ3) is 4.32. The fourth-order valence-corrected chi connectivity index (χ4v) is 4.12. The first-order valence-electron chi connectivity index (χ1n) is 11.6. The molecule has 3 aromatic heterocycles. The number of aromatic nitrogens is 5. The number of nitrogens with one attached hydrogen (secondary N) is 2. The standard InChI is InChI=1S/C28H22N6O2/c1-17-2-4-18(5-3-17)20-15-31-28(32-16-20)36-21-8-6-19(7-9-21)26-29-12-11-24(34-26)25-14-22-23(33-25)10-13-30-27(22)35/h2-9,11-12,14-16,33H,10,13H2,1H3,(H,30,35). The van der Waals surface area contributed by atoms with Gasteiger partial charge in [-0.25, -0.2) is 19.9 Å². The van der Waals surface area contributed by atoms with E-state index in [9.17, 15) is 4.79 Å². The number of ether oxygens (including phenoxy) is 1. The molecule has 0 atom stereocenters. The molecule has 1 aliphatic heterocycles. The normalized spacial score (nSPS) is 12.6. The average Bonchev–Trinajstić information content (AvgIpc) is 3.36. The highest BCUT2D eigenvalue weighted by atomic mass is 16.5. The van der Waals surface area contributed by atoms with Crippen LogP contribution < -0.4 is 10.1 Å². The van der Waals surface area contributed by atoms with Gasteiger partial charge in [0.15, 0.2) is 5.82 Å². The molecule has 2 aromatic carbocycles. The van der Waals surface area contributed by atoms with Gasteiger partial charge in [0.25, 0.3) is 5.91 Å². The molecule has 0 saturated heterocycles. The molecule has 4 heterocycles. The molecule has 176 valence electrons. The number of carbonyl (C=O) groups is 1. The highest BCUT2D eigenvalue weighted by Gasteiger charge is 2.20. The van der Waals surface area contributed by atoms with Gasteiger partial charge in [0, 0.05) is 48.4 Å². The maximum Gasteiger partial charge on any atom is 0.321 e. The summed E-state index contributed by atoms with van der Waals surface area (Å²) in [5.74, 6) is 1.13. The summed E-state index contributed by atoms with van der Waals surface area (Å²) in [6, 6.07) is 19.6. The summed E-state index contributed by atoms with van der Waals surface area (Å²) in [6.45, 7) is 2.69. The van der Waals surface area contributed by atoms with Crippen LogP contribution in [0.4, 0.5) is 0 Å². The molecule has 0 fully saturated rings. The number of rotatable bonds is 5. The van der Waals surface area contributed by atoms with Crippen molar-refractivity contribution in [3.63, 3.8) is 0 Å². The number of aryl methyl sites for hydroxylation is 1. The van der Waals surface area contributed by atoms with Crippen molar-refractivity contribution in [3.05, 3.63) is 96.1 Å². The van der Waals surface area contributed by atoms with E-state index in [-0.39, 0.29) is 11.9 Å². The predicted octanol–water partition coefficient (Wildman–Crippen LogP) is 4.98. The lowest BCUT2D eigenvalue weighted by molar-refractivity contribution is 0.0946. The summed E-state index contributed by atoms with van der Waals surface area (Å²) < 4.78 is 5.82. The quantitative estimate of drug-likeness (QED) is 0.372. The first kappa shape index (κ1) is 21.7. The van der Waals surface area contributed by atoms with Crippen LogP contribution in [0.1, 0.15) is 21.6 Å². The fourth-order valence-electron chi connectivity index (χ4n) is 4.12. The molecule has 5 aromatic rings. The van der Waals surface area contributed by atoms with Crippen molar-refractivity contribution >= 4 is 5.91 Å². The Labute approximate surface area is 207 Å². The summed E-state index contributed by atoms with van der Waals surface area (Å²) in [4.78, 5) is 33.2. The molecule has 1 amide bonds. The number of H-pyrrole nitrogens is 1. The monoisotopic (exact) mass is 474 g/mol. The molecular formula is C28H22N6O2. The van der Waals surface area contributed by atoms with Crippen molar-refractivity contribution in [1.29, 1.82) is 0 Å². The molecule has 0 spiro atoms. The Hall–Kier alpha value is -4.85. The molecule has 2 N–H and O–H groups in total. The zero-order chi connectivity index (χ0) is 24.5. The molecule has 0 unspecified atom stereocenters. The van der Waals surface area contributed by atoms with E-state index in [0.717, 1.165) is 40.2 Å². The number of aromatic amines is 1. The van der Waals surface area contributed by atoms with Gasteiger partial charge < -0.3 is 15.0 Å². The van der Waals surface area contributed by atoms with E-state index in [4.69, 9.17) is 9.72 Å². The zero-order valence-electron chi connectivity index (χ0n) is 19.5. The fraction of sp³-hybridized carbons (Fsp3) is 0.107. The van der Waals surface area contributed by atoms with Gasteiger partial charge in [0.05, 0.1) is 17.0 Å². The minimum Gasteiger partial charge on any atom is -0.424 e. The third-order valence-corrected chi connectivity index (χ3v) is 6.07. The Kier molecular flexibility index (Phi) is 5.46. The number of hydrogen-bond donors (Lipinski definition) is 2. The van der Waals surface area contributed by atoms with Crippen molar-refractivity contribution < 1.29 is 9.53 Å². The first-order valence-corrected chi connectivity index (χ1v) is 11.6. The Balaban J connectivity index is 1.18. The van der Waals surface area contributed by atoms with Crippen LogP contribution in [-0.2, 0) is 6.42 Å². The number of amides is 1. The predicted molar refractivity (Wildman–Crippen MR) is 136 cm³/mol. The van der Waals surface area contributed by atoms with E-state index < -0.39 is 0 Å². The van der Waals surface area contributed by atoms with E-state index in [1.54, 1.807) is 18.6 Å². The lowest BCUT2D eigenvalue weighted by Gasteiger charge is -2.10. The molecule has 8 nitrogen and oxygen atoms in total. The van der Waals surface area contributed by atoms with Gasteiger partial charge in [-0.05, 0) is 48.9 Å². The Morgan fingerprint density at radius 2 is 1.61 bits per heavy atom. The second-order valence-corrected chi connectivity index (χ2v) is 8.59. The van der Waals surface area contributed by atoms with Crippen molar-refractivity contribution in [2.24, 2.45) is 0 Å². The van der Waals surface area contributed by atoms with Crippen molar-refractivity contribution in [3.8, 4) is 45.7 Å². The third-order valence-electron chi connectivity index (χ3n) is 6.07. The Bertz CT molecular complexity index is 1540. The van der Waals surface area contributed by atoms with Crippen molar-refractivity contribution in [2.45, 2.75) is 13.3 Å².